The zero-order valence-corrected chi connectivity index (χ0v) is 7.41. The Labute approximate surface area is 77.2 Å². The number of hydrogen-bond acceptors (Lipinski definition) is 1. The number of aliphatic hydroxyl groups excluding tert-OH is 1. The maximum atomic E-state index is 12.8. The lowest BCUT2D eigenvalue weighted by Crippen LogP contribution is -2.45. The summed E-state index contributed by atoms with van der Waals surface area (Å²) < 4.78 is 12.8. The molecular weight excluding hydrogens is 167 g/mol. The van der Waals surface area contributed by atoms with E-state index in [-0.39, 0.29) is 12.0 Å². The molecule has 0 unspecified atom stereocenters. The molecule has 70 valence electrons. The quantitative estimate of drug-likeness (QED) is 0.738. The molecule has 1 nitrogen and oxygen atoms in total. The summed E-state index contributed by atoms with van der Waals surface area (Å²) >= 11 is 0. The van der Waals surface area contributed by atoms with Crippen LogP contribution in [0.1, 0.15) is 18.4 Å². The third-order valence-corrected chi connectivity index (χ3v) is 2.91. The van der Waals surface area contributed by atoms with E-state index in [9.17, 15) is 9.50 Å². The van der Waals surface area contributed by atoms with Crippen LogP contribution in [-0.2, 0) is 5.41 Å². The largest absolute Gasteiger partial charge is 0.395 e. The van der Waals surface area contributed by atoms with E-state index in [1.54, 1.807) is 0 Å². The summed E-state index contributed by atoms with van der Waals surface area (Å²) in [6, 6.07) is 9.71. The first-order valence-electron chi connectivity index (χ1n) is 4.57. The van der Waals surface area contributed by atoms with Crippen molar-refractivity contribution in [2.45, 2.75) is 24.4 Å². The van der Waals surface area contributed by atoms with Gasteiger partial charge in [0.05, 0.1) is 6.61 Å². The third kappa shape index (κ3) is 1.35. The van der Waals surface area contributed by atoms with Crippen molar-refractivity contribution < 1.29 is 9.50 Å². The van der Waals surface area contributed by atoms with Gasteiger partial charge in [0.25, 0.3) is 0 Å². The molecule has 0 saturated heterocycles. The first-order chi connectivity index (χ1) is 6.27. The van der Waals surface area contributed by atoms with Crippen molar-refractivity contribution >= 4 is 0 Å². The topological polar surface area (TPSA) is 20.2 Å². The normalized spacial score (nSPS) is 32.6. The van der Waals surface area contributed by atoms with Crippen LogP contribution in [0.5, 0.6) is 0 Å². The number of aliphatic hydroxyl groups is 1. The fourth-order valence-electron chi connectivity index (χ4n) is 2.04. The van der Waals surface area contributed by atoms with Gasteiger partial charge in [-0.2, -0.15) is 0 Å². The lowest BCUT2D eigenvalue weighted by Gasteiger charge is -2.43. The molecule has 1 aromatic rings. The van der Waals surface area contributed by atoms with Crippen LogP contribution < -0.4 is 0 Å². The van der Waals surface area contributed by atoms with E-state index < -0.39 is 6.17 Å². The molecule has 2 heteroatoms. The molecule has 0 aromatic heterocycles. The molecule has 1 saturated carbocycles. The molecule has 0 atom stereocenters. The highest BCUT2D eigenvalue weighted by Crippen LogP contribution is 2.44. The lowest BCUT2D eigenvalue weighted by atomic mass is 9.64. The molecular formula is C11H13FO. The van der Waals surface area contributed by atoms with Gasteiger partial charge in [0.1, 0.15) is 6.17 Å². The number of alkyl halides is 1. The summed E-state index contributed by atoms with van der Waals surface area (Å²) in [4.78, 5) is 0. The second kappa shape index (κ2) is 3.11. The van der Waals surface area contributed by atoms with Gasteiger partial charge in [0, 0.05) is 5.41 Å². The first-order valence-corrected chi connectivity index (χ1v) is 4.57. The Kier molecular flexibility index (Phi) is 2.08. The zero-order valence-electron chi connectivity index (χ0n) is 7.41. The van der Waals surface area contributed by atoms with Gasteiger partial charge in [-0.25, -0.2) is 4.39 Å². The van der Waals surface area contributed by atoms with Gasteiger partial charge >= 0.3 is 0 Å². The zero-order chi connectivity index (χ0) is 9.31. The van der Waals surface area contributed by atoms with Gasteiger partial charge in [-0.1, -0.05) is 30.3 Å². The van der Waals surface area contributed by atoms with E-state index >= 15 is 0 Å². The molecule has 0 spiro atoms. The number of halogens is 1. The SMILES string of the molecule is OCC1(c2ccccc2)CC(F)C1. The summed E-state index contributed by atoms with van der Waals surface area (Å²) in [5.74, 6) is 0. The van der Waals surface area contributed by atoms with E-state index in [2.05, 4.69) is 0 Å². The molecule has 1 fully saturated rings. The minimum Gasteiger partial charge on any atom is -0.395 e. The van der Waals surface area contributed by atoms with Crippen LogP contribution in [0.2, 0.25) is 0 Å². The summed E-state index contributed by atoms with van der Waals surface area (Å²) in [5.41, 5.74) is 0.770. The van der Waals surface area contributed by atoms with Gasteiger partial charge in [-0.05, 0) is 18.4 Å². The highest BCUT2D eigenvalue weighted by molar-refractivity contribution is 5.29. The fourth-order valence-corrected chi connectivity index (χ4v) is 2.04. The van der Waals surface area contributed by atoms with E-state index in [0.29, 0.717) is 12.8 Å². The average molecular weight is 180 g/mol. The van der Waals surface area contributed by atoms with Crippen molar-refractivity contribution in [2.75, 3.05) is 6.61 Å². The molecule has 0 bridgehead atoms. The van der Waals surface area contributed by atoms with Gasteiger partial charge in [-0.3, -0.25) is 0 Å². The molecule has 1 N–H and O–H groups in total. The van der Waals surface area contributed by atoms with Gasteiger partial charge in [-0.15, -0.1) is 0 Å². The fraction of sp³-hybridized carbons (Fsp3) is 0.455. The second-order valence-corrected chi connectivity index (χ2v) is 3.81. The van der Waals surface area contributed by atoms with Gasteiger partial charge in [0.15, 0.2) is 0 Å². The third-order valence-electron chi connectivity index (χ3n) is 2.91. The summed E-state index contributed by atoms with van der Waals surface area (Å²) in [7, 11) is 0. The van der Waals surface area contributed by atoms with Crippen molar-refractivity contribution in [3.05, 3.63) is 35.9 Å². The number of rotatable bonds is 2. The minimum atomic E-state index is -0.729. The molecule has 13 heavy (non-hydrogen) atoms. The van der Waals surface area contributed by atoms with E-state index in [0.717, 1.165) is 5.56 Å². The Balaban J connectivity index is 2.24. The minimum absolute atomic E-state index is 0.0530. The van der Waals surface area contributed by atoms with Crippen LogP contribution in [-0.4, -0.2) is 17.9 Å². The van der Waals surface area contributed by atoms with Crippen LogP contribution >= 0.6 is 0 Å². The van der Waals surface area contributed by atoms with Crippen LogP contribution in [0.3, 0.4) is 0 Å². The van der Waals surface area contributed by atoms with Crippen molar-refractivity contribution in [1.29, 1.82) is 0 Å². The molecule has 2 rings (SSSR count). The van der Waals surface area contributed by atoms with Gasteiger partial charge in [0.2, 0.25) is 0 Å². The Morgan fingerprint density at radius 1 is 1.31 bits per heavy atom. The maximum Gasteiger partial charge on any atom is 0.102 e. The van der Waals surface area contributed by atoms with Crippen LogP contribution in [0, 0.1) is 0 Å². The summed E-state index contributed by atoms with van der Waals surface area (Å²) in [6.07, 6.45) is 0.202. The monoisotopic (exact) mass is 180 g/mol. The lowest BCUT2D eigenvalue weighted by molar-refractivity contribution is 0.0410. The molecule has 0 radical (unpaired) electrons. The predicted molar refractivity (Wildman–Crippen MR) is 49.3 cm³/mol. The molecule has 1 aliphatic carbocycles. The van der Waals surface area contributed by atoms with Crippen LogP contribution in [0.25, 0.3) is 0 Å². The average Bonchev–Trinajstić information content (AvgIpc) is 2.14. The number of hydrogen-bond donors (Lipinski definition) is 1. The first kappa shape index (κ1) is 8.70. The Hall–Kier alpha value is -0.890. The molecule has 1 aliphatic rings. The second-order valence-electron chi connectivity index (χ2n) is 3.81. The smallest absolute Gasteiger partial charge is 0.102 e. The predicted octanol–water partition coefficient (Wildman–Crippen LogP) is 2.05. The van der Waals surface area contributed by atoms with Crippen molar-refractivity contribution in [2.24, 2.45) is 0 Å². The van der Waals surface area contributed by atoms with E-state index in [4.69, 9.17) is 0 Å². The van der Waals surface area contributed by atoms with Crippen molar-refractivity contribution in [3.8, 4) is 0 Å². The summed E-state index contributed by atoms with van der Waals surface area (Å²) in [6.45, 7) is 0.0530. The van der Waals surface area contributed by atoms with Crippen molar-refractivity contribution in [1.82, 2.24) is 0 Å². The number of benzene rings is 1. The van der Waals surface area contributed by atoms with Crippen LogP contribution in [0.15, 0.2) is 30.3 Å². The summed E-state index contributed by atoms with van der Waals surface area (Å²) in [5, 5.41) is 9.24. The van der Waals surface area contributed by atoms with E-state index in [1.807, 2.05) is 30.3 Å². The van der Waals surface area contributed by atoms with Gasteiger partial charge < -0.3 is 5.11 Å². The maximum absolute atomic E-state index is 12.8. The molecule has 0 aliphatic heterocycles. The molecule has 0 amide bonds. The Morgan fingerprint density at radius 2 is 1.92 bits per heavy atom. The molecule has 1 aromatic carbocycles. The highest BCUT2D eigenvalue weighted by Gasteiger charge is 2.45. The highest BCUT2D eigenvalue weighted by atomic mass is 19.1. The Morgan fingerprint density at radius 3 is 2.38 bits per heavy atom. The van der Waals surface area contributed by atoms with Crippen LogP contribution in [0.4, 0.5) is 4.39 Å². The van der Waals surface area contributed by atoms with Crippen molar-refractivity contribution in [3.63, 3.8) is 0 Å². The van der Waals surface area contributed by atoms with E-state index in [1.165, 1.54) is 0 Å². The molecule has 0 heterocycles. The standard InChI is InChI=1S/C11H13FO/c12-10-6-11(7-10,8-13)9-4-2-1-3-5-9/h1-5,10,13H,6-8H2. The Bertz CT molecular complexity index is 277.